The molecule has 0 spiro atoms. The van der Waals surface area contributed by atoms with Crippen molar-refractivity contribution in [3.8, 4) is 0 Å². The minimum absolute atomic E-state index is 0.140. The molecular formula is C7H8F3NO3S. The number of hydrogen-bond donors (Lipinski definition) is 0. The minimum atomic E-state index is -5.53. The van der Waals surface area contributed by atoms with Crippen LogP contribution in [0.1, 0.15) is 6.42 Å². The number of carbonyl (C=O) groups is 1. The van der Waals surface area contributed by atoms with Crippen molar-refractivity contribution in [2.75, 3.05) is 6.54 Å². The summed E-state index contributed by atoms with van der Waals surface area (Å²) in [5, 5.41) is 0. The molecule has 0 aromatic rings. The average Bonchev–Trinajstić information content (AvgIpc) is 2.45. The Morgan fingerprint density at radius 3 is 2.33 bits per heavy atom. The zero-order valence-corrected chi connectivity index (χ0v) is 8.31. The Morgan fingerprint density at radius 2 is 2.00 bits per heavy atom. The summed E-state index contributed by atoms with van der Waals surface area (Å²) in [4.78, 5) is 11.0. The summed E-state index contributed by atoms with van der Waals surface area (Å²) in [7, 11) is -5.53. The molecule has 0 radical (unpaired) electrons. The van der Waals surface area contributed by atoms with E-state index in [9.17, 15) is 26.4 Å². The summed E-state index contributed by atoms with van der Waals surface area (Å²) in [6, 6.07) is 0. The number of alkyl halides is 3. The third-order valence-corrected chi connectivity index (χ3v) is 3.55. The largest absolute Gasteiger partial charge is 0.516 e. The van der Waals surface area contributed by atoms with Gasteiger partial charge < -0.3 is 0 Å². The van der Waals surface area contributed by atoms with E-state index in [0.717, 1.165) is 0 Å². The highest BCUT2D eigenvalue weighted by Crippen LogP contribution is 2.31. The second-order valence-corrected chi connectivity index (χ2v) is 4.93. The summed E-state index contributed by atoms with van der Waals surface area (Å²) < 4.78 is 57.9. The highest BCUT2D eigenvalue weighted by molar-refractivity contribution is 7.90. The van der Waals surface area contributed by atoms with Gasteiger partial charge in [0.2, 0.25) is 5.91 Å². The first-order valence-corrected chi connectivity index (χ1v) is 5.38. The van der Waals surface area contributed by atoms with E-state index in [-0.39, 0.29) is 10.7 Å². The van der Waals surface area contributed by atoms with Gasteiger partial charge >= 0.3 is 15.5 Å². The molecule has 1 aliphatic rings. The maximum atomic E-state index is 12.1. The van der Waals surface area contributed by atoms with Crippen LogP contribution in [0.2, 0.25) is 0 Å². The first-order chi connectivity index (χ1) is 6.70. The van der Waals surface area contributed by atoms with Crippen molar-refractivity contribution in [1.82, 2.24) is 4.31 Å². The van der Waals surface area contributed by atoms with Crippen LogP contribution in [0.25, 0.3) is 0 Å². The SMILES string of the molecule is C=CC1CC(=O)N(S(=O)(=O)C(F)(F)F)C1. The molecule has 0 aromatic carbocycles. The van der Waals surface area contributed by atoms with Crippen molar-refractivity contribution in [3.63, 3.8) is 0 Å². The molecule has 4 nitrogen and oxygen atoms in total. The van der Waals surface area contributed by atoms with Crippen LogP contribution in [0.4, 0.5) is 13.2 Å². The van der Waals surface area contributed by atoms with Crippen molar-refractivity contribution in [2.45, 2.75) is 11.9 Å². The van der Waals surface area contributed by atoms with E-state index < -0.39 is 33.9 Å². The maximum Gasteiger partial charge on any atom is 0.516 e. The first kappa shape index (κ1) is 12.0. The first-order valence-electron chi connectivity index (χ1n) is 3.94. The molecule has 8 heteroatoms. The number of rotatable bonds is 2. The fourth-order valence-electron chi connectivity index (χ4n) is 1.22. The number of nitrogens with zero attached hydrogens (tertiary/aromatic N) is 1. The quantitative estimate of drug-likeness (QED) is 0.676. The molecule has 1 fully saturated rings. The molecule has 1 rings (SSSR count). The Morgan fingerprint density at radius 1 is 1.47 bits per heavy atom. The second kappa shape index (κ2) is 3.51. The van der Waals surface area contributed by atoms with Crippen molar-refractivity contribution < 1.29 is 26.4 Å². The number of halogens is 3. The summed E-state index contributed by atoms with van der Waals surface area (Å²) in [6.07, 6.45) is 1.02. The summed E-state index contributed by atoms with van der Waals surface area (Å²) in [5.41, 5.74) is -5.43. The smallest absolute Gasteiger partial charge is 0.274 e. The number of hydrogen-bond acceptors (Lipinski definition) is 3. The molecule has 0 saturated carbocycles. The molecule has 0 aromatic heterocycles. The van der Waals surface area contributed by atoms with E-state index in [2.05, 4.69) is 6.58 Å². The van der Waals surface area contributed by atoms with Gasteiger partial charge in [-0.25, -0.2) is 4.31 Å². The molecule has 0 aliphatic carbocycles. The molecule has 15 heavy (non-hydrogen) atoms. The normalized spacial score (nSPS) is 23.3. The number of sulfonamides is 1. The lowest BCUT2D eigenvalue weighted by Crippen LogP contribution is -2.41. The van der Waals surface area contributed by atoms with Gasteiger partial charge in [0.25, 0.3) is 0 Å². The highest BCUT2D eigenvalue weighted by atomic mass is 32.2. The van der Waals surface area contributed by atoms with E-state index in [1.54, 1.807) is 0 Å². The summed E-state index contributed by atoms with van der Waals surface area (Å²) in [6.45, 7) is 2.82. The van der Waals surface area contributed by atoms with Crippen LogP contribution in [0, 0.1) is 5.92 Å². The van der Waals surface area contributed by atoms with E-state index >= 15 is 0 Å². The monoisotopic (exact) mass is 243 g/mol. The molecule has 86 valence electrons. The van der Waals surface area contributed by atoms with Crippen LogP contribution >= 0.6 is 0 Å². The molecule has 1 aliphatic heterocycles. The lowest BCUT2D eigenvalue weighted by molar-refractivity contribution is -0.125. The lowest BCUT2D eigenvalue weighted by Gasteiger charge is -2.17. The van der Waals surface area contributed by atoms with Crippen LogP contribution in [0.5, 0.6) is 0 Å². The zero-order chi connectivity index (χ0) is 11.9. The Balaban J connectivity index is 3.01. The van der Waals surface area contributed by atoms with Gasteiger partial charge in [-0.05, 0) is 0 Å². The van der Waals surface area contributed by atoms with Gasteiger partial charge in [-0.15, -0.1) is 6.58 Å². The van der Waals surface area contributed by atoms with E-state index in [0.29, 0.717) is 0 Å². The number of amides is 1. The van der Waals surface area contributed by atoms with Gasteiger partial charge in [-0.2, -0.15) is 21.6 Å². The van der Waals surface area contributed by atoms with Crippen molar-refractivity contribution in [3.05, 3.63) is 12.7 Å². The van der Waals surface area contributed by atoms with Crippen LogP contribution in [-0.4, -0.2) is 30.7 Å². The Hall–Kier alpha value is -1.05. The van der Waals surface area contributed by atoms with E-state index in [1.165, 1.54) is 6.08 Å². The molecular weight excluding hydrogens is 235 g/mol. The predicted octanol–water partition coefficient (Wildman–Crippen LogP) is 0.871. The van der Waals surface area contributed by atoms with Crippen molar-refractivity contribution in [2.24, 2.45) is 5.92 Å². The molecule has 0 bridgehead atoms. The fraction of sp³-hybridized carbons (Fsp3) is 0.571. The topological polar surface area (TPSA) is 54.5 Å². The Bertz CT molecular complexity index is 387. The lowest BCUT2D eigenvalue weighted by atomic mass is 10.1. The van der Waals surface area contributed by atoms with Crippen LogP contribution < -0.4 is 0 Å². The van der Waals surface area contributed by atoms with Gasteiger partial charge in [0.15, 0.2) is 0 Å². The van der Waals surface area contributed by atoms with Gasteiger partial charge in [-0.1, -0.05) is 6.08 Å². The third-order valence-electron chi connectivity index (χ3n) is 2.03. The van der Waals surface area contributed by atoms with E-state index in [4.69, 9.17) is 0 Å². The highest BCUT2D eigenvalue weighted by Gasteiger charge is 2.53. The third kappa shape index (κ3) is 1.99. The summed E-state index contributed by atoms with van der Waals surface area (Å²) in [5.74, 6) is -1.59. The van der Waals surface area contributed by atoms with Crippen molar-refractivity contribution in [1.29, 1.82) is 0 Å². The van der Waals surface area contributed by atoms with Gasteiger partial charge in [-0.3, -0.25) is 4.79 Å². The predicted molar refractivity (Wildman–Crippen MR) is 45.0 cm³/mol. The molecule has 1 saturated heterocycles. The van der Waals surface area contributed by atoms with Crippen molar-refractivity contribution >= 4 is 15.9 Å². The molecule has 1 unspecified atom stereocenters. The molecule has 1 amide bonds. The molecule has 1 atom stereocenters. The maximum absolute atomic E-state index is 12.1. The molecule has 0 N–H and O–H groups in total. The minimum Gasteiger partial charge on any atom is -0.274 e. The number of carbonyl (C=O) groups excluding carboxylic acids is 1. The summed E-state index contributed by atoms with van der Waals surface area (Å²) >= 11 is 0. The fourth-order valence-corrected chi connectivity index (χ4v) is 2.20. The van der Waals surface area contributed by atoms with Crippen LogP contribution in [-0.2, 0) is 14.8 Å². The second-order valence-electron chi connectivity index (χ2n) is 3.08. The Kier molecular flexibility index (Phi) is 2.81. The van der Waals surface area contributed by atoms with Gasteiger partial charge in [0, 0.05) is 18.9 Å². The average molecular weight is 243 g/mol. The standard InChI is InChI=1S/C7H8F3NO3S/c1-2-5-3-6(12)11(4-5)15(13,14)7(8,9)10/h2,5H,1,3-4H2. The zero-order valence-electron chi connectivity index (χ0n) is 7.49. The Labute approximate surface area is 84.4 Å². The van der Waals surface area contributed by atoms with Gasteiger partial charge in [0.1, 0.15) is 0 Å². The van der Waals surface area contributed by atoms with Crippen LogP contribution in [0.15, 0.2) is 12.7 Å². The van der Waals surface area contributed by atoms with E-state index in [1.807, 2.05) is 0 Å². The van der Waals surface area contributed by atoms with Gasteiger partial charge in [0.05, 0.1) is 0 Å². The van der Waals surface area contributed by atoms with Crippen LogP contribution in [0.3, 0.4) is 0 Å². The molecule has 1 heterocycles.